The Kier molecular flexibility index (Phi) is 3.49. The predicted molar refractivity (Wildman–Crippen MR) is 60.8 cm³/mol. The summed E-state index contributed by atoms with van der Waals surface area (Å²) in [6.07, 6.45) is 1.42. The van der Waals surface area contributed by atoms with Crippen LogP contribution in [0, 0.1) is 5.92 Å². The summed E-state index contributed by atoms with van der Waals surface area (Å²) in [5.74, 6) is 1.08. The molecule has 0 bridgehead atoms. The first-order valence-corrected chi connectivity index (χ1v) is 7.58. The van der Waals surface area contributed by atoms with Crippen molar-refractivity contribution in [3.05, 3.63) is 0 Å². The fourth-order valence-electron chi connectivity index (χ4n) is 2.27. The van der Waals surface area contributed by atoms with Crippen LogP contribution in [-0.2, 0) is 14.6 Å². The number of carbonyl (C=O) groups is 1. The van der Waals surface area contributed by atoms with E-state index in [1.807, 2.05) is 4.90 Å². The van der Waals surface area contributed by atoms with E-state index in [4.69, 9.17) is 0 Å². The fraction of sp³-hybridized carbons (Fsp3) is 0.900. The first-order valence-electron chi connectivity index (χ1n) is 5.76. The van der Waals surface area contributed by atoms with Gasteiger partial charge in [0.15, 0.2) is 0 Å². The molecule has 0 radical (unpaired) electrons. The summed E-state index contributed by atoms with van der Waals surface area (Å²) in [4.78, 5) is 13.4. The molecule has 0 spiro atoms. The second-order valence-corrected chi connectivity index (χ2v) is 6.92. The molecular weight excluding hydrogens is 228 g/mol. The molecule has 0 unspecified atom stereocenters. The lowest BCUT2D eigenvalue weighted by atomic mass is 10.0. The monoisotopic (exact) mass is 246 g/mol. The molecule has 2 rings (SSSR count). The molecule has 0 aromatic carbocycles. The number of nitrogens with one attached hydrogen (secondary N) is 1. The molecule has 1 amide bonds. The van der Waals surface area contributed by atoms with Crippen molar-refractivity contribution >= 4 is 15.7 Å². The van der Waals surface area contributed by atoms with Crippen molar-refractivity contribution in [1.82, 2.24) is 10.2 Å². The third-order valence-electron chi connectivity index (χ3n) is 3.34. The van der Waals surface area contributed by atoms with E-state index in [1.54, 1.807) is 0 Å². The number of hydrogen-bond acceptors (Lipinski definition) is 4. The van der Waals surface area contributed by atoms with Crippen LogP contribution >= 0.6 is 0 Å². The number of carbonyl (C=O) groups excluding carboxylic acids is 1. The summed E-state index contributed by atoms with van der Waals surface area (Å²) in [7, 11) is -2.79. The van der Waals surface area contributed by atoms with Crippen molar-refractivity contribution in [1.29, 1.82) is 0 Å². The predicted octanol–water partition coefficient (Wildman–Crippen LogP) is -0.757. The van der Waals surface area contributed by atoms with Crippen molar-refractivity contribution in [2.45, 2.75) is 12.8 Å². The van der Waals surface area contributed by atoms with Gasteiger partial charge in [0, 0.05) is 19.6 Å². The number of nitrogens with zero attached hydrogens (tertiary/aromatic N) is 1. The van der Waals surface area contributed by atoms with Crippen molar-refractivity contribution < 1.29 is 13.2 Å². The first-order chi connectivity index (χ1) is 7.57. The Bertz CT molecular complexity index is 352. The molecule has 0 saturated carbocycles. The topological polar surface area (TPSA) is 66.5 Å². The molecule has 0 atom stereocenters. The molecular formula is C10H18N2O3S. The zero-order valence-electron chi connectivity index (χ0n) is 9.31. The third-order valence-corrected chi connectivity index (χ3v) is 5.06. The smallest absolute Gasteiger partial charge is 0.236 e. The highest BCUT2D eigenvalue weighted by atomic mass is 32.2. The third kappa shape index (κ3) is 2.95. The molecule has 2 aliphatic heterocycles. The van der Waals surface area contributed by atoms with Gasteiger partial charge in [-0.25, -0.2) is 8.42 Å². The van der Waals surface area contributed by atoms with E-state index >= 15 is 0 Å². The van der Waals surface area contributed by atoms with Crippen LogP contribution in [0.5, 0.6) is 0 Å². The Morgan fingerprint density at radius 3 is 2.62 bits per heavy atom. The molecule has 1 N–H and O–H groups in total. The zero-order chi connectivity index (χ0) is 11.6. The quantitative estimate of drug-likeness (QED) is 0.696. The Hall–Kier alpha value is -0.620. The van der Waals surface area contributed by atoms with Gasteiger partial charge in [-0.15, -0.1) is 0 Å². The van der Waals surface area contributed by atoms with Crippen LogP contribution in [0.3, 0.4) is 0 Å². The SMILES string of the molecule is O=C1CNCCN1CC1CCS(=O)(=O)CC1. The van der Waals surface area contributed by atoms with Gasteiger partial charge in [0.25, 0.3) is 0 Å². The van der Waals surface area contributed by atoms with Crippen molar-refractivity contribution in [2.24, 2.45) is 5.92 Å². The molecule has 16 heavy (non-hydrogen) atoms. The molecule has 2 heterocycles. The van der Waals surface area contributed by atoms with Crippen molar-refractivity contribution in [3.8, 4) is 0 Å². The molecule has 0 aromatic heterocycles. The Labute approximate surface area is 96.1 Å². The van der Waals surface area contributed by atoms with Gasteiger partial charge in [0.05, 0.1) is 18.1 Å². The van der Waals surface area contributed by atoms with Gasteiger partial charge in [-0.05, 0) is 18.8 Å². The minimum Gasteiger partial charge on any atom is -0.340 e. The summed E-state index contributed by atoms with van der Waals surface area (Å²) >= 11 is 0. The maximum atomic E-state index is 11.5. The van der Waals surface area contributed by atoms with Gasteiger partial charge >= 0.3 is 0 Å². The average Bonchev–Trinajstić information content (AvgIpc) is 2.24. The number of sulfone groups is 1. The van der Waals surface area contributed by atoms with Gasteiger partial charge in [-0.2, -0.15) is 0 Å². The van der Waals surface area contributed by atoms with E-state index in [0.717, 1.165) is 19.6 Å². The molecule has 6 heteroatoms. The summed E-state index contributed by atoms with van der Waals surface area (Å²) in [6, 6.07) is 0. The van der Waals surface area contributed by atoms with Crippen LogP contribution in [-0.4, -0.2) is 56.9 Å². The van der Waals surface area contributed by atoms with E-state index in [9.17, 15) is 13.2 Å². The van der Waals surface area contributed by atoms with E-state index in [1.165, 1.54) is 0 Å². The van der Waals surface area contributed by atoms with Crippen LogP contribution in [0.2, 0.25) is 0 Å². The average molecular weight is 246 g/mol. The van der Waals surface area contributed by atoms with Crippen LogP contribution in [0.25, 0.3) is 0 Å². The van der Waals surface area contributed by atoms with Crippen molar-refractivity contribution in [2.75, 3.05) is 37.7 Å². The minimum atomic E-state index is -2.79. The summed E-state index contributed by atoms with van der Waals surface area (Å²) in [5, 5.41) is 3.03. The summed E-state index contributed by atoms with van der Waals surface area (Å²) in [5.41, 5.74) is 0. The highest BCUT2D eigenvalue weighted by Crippen LogP contribution is 2.20. The van der Waals surface area contributed by atoms with Crippen LogP contribution in [0.4, 0.5) is 0 Å². The largest absolute Gasteiger partial charge is 0.340 e. The lowest BCUT2D eigenvalue weighted by molar-refractivity contribution is -0.132. The fourth-order valence-corrected chi connectivity index (χ4v) is 3.86. The molecule has 0 aromatic rings. The normalized spacial score (nSPS) is 27.0. The standard InChI is InChI=1S/C10H18N2O3S/c13-10-7-11-3-4-12(10)8-9-1-5-16(14,15)6-2-9/h9,11H,1-8H2. The number of piperazine rings is 1. The van der Waals surface area contributed by atoms with Gasteiger partial charge in [-0.1, -0.05) is 0 Å². The number of rotatable bonds is 2. The van der Waals surface area contributed by atoms with E-state index < -0.39 is 9.84 Å². The summed E-state index contributed by atoms with van der Waals surface area (Å²) in [6.45, 7) is 2.75. The van der Waals surface area contributed by atoms with Crippen LogP contribution in [0.1, 0.15) is 12.8 Å². The molecule has 0 aliphatic carbocycles. The van der Waals surface area contributed by atoms with Gasteiger partial charge < -0.3 is 10.2 Å². The molecule has 2 aliphatic rings. The highest BCUT2D eigenvalue weighted by molar-refractivity contribution is 7.91. The van der Waals surface area contributed by atoms with Crippen LogP contribution < -0.4 is 5.32 Å². The van der Waals surface area contributed by atoms with E-state index in [-0.39, 0.29) is 17.4 Å². The van der Waals surface area contributed by atoms with E-state index in [2.05, 4.69) is 5.32 Å². The molecule has 2 fully saturated rings. The number of amides is 1. The van der Waals surface area contributed by atoms with Gasteiger partial charge in [0.2, 0.25) is 5.91 Å². The van der Waals surface area contributed by atoms with E-state index in [0.29, 0.717) is 25.3 Å². The second kappa shape index (κ2) is 4.71. The summed E-state index contributed by atoms with van der Waals surface area (Å²) < 4.78 is 22.5. The van der Waals surface area contributed by atoms with Gasteiger partial charge in [-0.3, -0.25) is 4.79 Å². The zero-order valence-corrected chi connectivity index (χ0v) is 10.1. The number of hydrogen-bond donors (Lipinski definition) is 1. The van der Waals surface area contributed by atoms with Crippen LogP contribution in [0.15, 0.2) is 0 Å². The molecule has 92 valence electrons. The minimum absolute atomic E-state index is 0.139. The highest BCUT2D eigenvalue weighted by Gasteiger charge is 2.27. The maximum absolute atomic E-state index is 11.5. The Morgan fingerprint density at radius 1 is 1.31 bits per heavy atom. The Morgan fingerprint density at radius 2 is 2.00 bits per heavy atom. The Balaban J connectivity index is 1.84. The lowest BCUT2D eigenvalue weighted by Gasteiger charge is -2.32. The molecule has 2 saturated heterocycles. The maximum Gasteiger partial charge on any atom is 0.236 e. The molecule has 5 nitrogen and oxygen atoms in total. The van der Waals surface area contributed by atoms with Gasteiger partial charge in [0.1, 0.15) is 9.84 Å². The second-order valence-electron chi connectivity index (χ2n) is 4.61. The van der Waals surface area contributed by atoms with Crippen molar-refractivity contribution in [3.63, 3.8) is 0 Å². The first kappa shape index (κ1) is 11.9. The lowest BCUT2D eigenvalue weighted by Crippen LogP contribution is -2.50.